The van der Waals surface area contributed by atoms with Crippen molar-refractivity contribution in [1.29, 1.82) is 0 Å². The van der Waals surface area contributed by atoms with Crippen LogP contribution in [0.25, 0.3) is 0 Å². The number of benzene rings is 1. The zero-order chi connectivity index (χ0) is 18.7. The van der Waals surface area contributed by atoms with Crippen molar-refractivity contribution < 1.29 is 13.2 Å². The Balaban J connectivity index is 1.54. The molecule has 1 aliphatic heterocycles. The molecular formula is C16H19ClN4O3S2. The summed E-state index contributed by atoms with van der Waals surface area (Å²) in [5.74, 6) is 1.32. The predicted octanol–water partition coefficient (Wildman–Crippen LogP) is 2.18. The molecule has 1 aliphatic rings. The molecule has 0 saturated carbocycles. The van der Waals surface area contributed by atoms with Crippen LogP contribution in [0.5, 0.6) is 0 Å². The minimum Gasteiger partial charge on any atom is -0.325 e. The first-order chi connectivity index (χ1) is 12.3. The van der Waals surface area contributed by atoms with Gasteiger partial charge in [0.05, 0.1) is 17.3 Å². The third-order valence-corrected chi connectivity index (χ3v) is 7.26. The Bertz CT molecular complexity index is 914. The molecule has 1 saturated heterocycles. The summed E-state index contributed by atoms with van der Waals surface area (Å²) in [6.07, 6.45) is 1.25. The predicted molar refractivity (Wildman–Crippen MR) is 102 cm³/mol. The van der Waals surface area contributed by atoms with E-state index in [-0.39, 0.29) is 29.1 Å². The fraction of sp³-hybridized carbons (Fsp3) is 0.438. The topological polar surface area (TPSA) is 93.9 Å². The summed E-state index contributed by atoms with van der Waals surface area (Å²) in [6.45, 7) is 0. The number of sulfone groups is 1. The second-order valence-corrected chi connectivity index (χ2v) is 9.89. The lowest BCUT2D eigenvalue weighted by atomic mass is 10.1. The lowest BCUT2D eigenvalue weighted by Gasteiger charge is -2.08. The highest BCUT2D eigenvalue weighted by molar-refractivity contribution is 7.99. The molecule has 26 heavy (non-hydrogen) atoms. The Morgan fingerprint density at radius 3 is 2.92 bits per heavy atom. The van der Waals surface area contributed by atoms with E-state index in [1.54, 1.807) is 24.3 Å². The van der Waals surface area contributed by atoms with E-state index in [1.165, 1.54) is 11.8 Å². The van der Waals surface area contributed by atoms with Crippen LogP contribution in [0.2, 0.25) is 5.02 Å². The molecule has 2 heterocycles. The van der Waals surface area contributed by atoms with Crippen molar-refractivity contribution in [3.63, 3.8) is 0 Å². The fourth-order valence-corrected chi connectivity index (χ4v) is 5.62. The fourth-order valence-electron chi connectivity index (χ4n) is 2.83. The van der Waals surface area contributed by atoms with E-state index in [0.717, 1.165) is 5.82 Å². The number of nitrogens with one attached hydrogen (secondary N) is 1. The van der Waals surface area contributed by atoms with Gasteiger partial charge in [0.1, 0.15) is 5.82 Å². The van der Waals surface area contributed by atoms with Crippen LogP contribution < -0.4 is 5.32 Å². The monoisotopic (exact) mass is 414 g/mol. The maximum atomic E-state index is 12.1. The number of nitrogens with zero attached hydrogens (tertiary/aromatic N) is 3. The van der Waals surface area contributed by atoms with Crippen molar-refractivity contribution in [2.24, 2.45) is 13.0 Å². The third-order valence-electron chi connectivity index (χ3n) is 4.16. The lowest BCUT2D eigenvalue weighted by molar-refractivity contribution is -0.113. The summed E-state index contributed by atoms with van der Waals surface area (Å²) < 4.78 is 25.0. The van der Waals surface area contributed by atoms with Crippen molar-refractivity contribution in [3.05, 3.63) is 35.1 Å². The first-order valence-corrected chi connectivity index (χ1v) is 11.3. The van der Waals surface area contributed by atoms with Gasteiger partial charge in [-0.15, -0.1) is 10.2 Å². The molecule has 10 heteroatoms. The van der Waals surface area contributed by atoms with E-state index in [1.807, 2.05) is 11.6 Å². The normalized spacial score (nSPS) is 18.8. The number of rotatable bonds is 6. The molecule has 1 aromatic heterocycles. The highest BCUT2D eigenvalue weighted by Crippen LogP contribution is 2.24. The molecule has 1 amide bonds. The van der Waals surface area contributed by atoms with Crippen molar-refractivity contribution in [1.82, 2.24) is 14.8 Å². The van der Waals surface area contributed by atoms with Crippen molar-refractivity contribution in [3.8, 4) is 0 Å². The van der Waals surface area contributed by atoms with Gasteiger partial charge in [0.25, 0.3) is 0 Å². The van der Waals surface area contributed by atoms with Gasteiger partial charge in [-0.1, -0.05) is 29.4 Å². The van der Waals surface area contributed by atoms with Crippen molar-refractivity contribution >= 4 is 44.8 Å². The van der Waals surface area contributed by atoms with Crippen LogP contribution >= 0.6 is 23.4 Å². The Hall–Kier alpha value is -1.58. The SMILES string of the molecule is Cn1c(C[C@H]2CCS(=O)(=O)C2)nnc1SCC(=O)Nc1cccc(Cl)c1. The molecule has 2 aromatic rings. The Morgan fingerprint density at radius 2 is 2.23 bits per heavy atom. The van der Waals surface area contributed by atoms with E-state index in [2.05, 4.69) is 15.5 Å². The van der Waals surface area contributed by atoms with Gasteiger partial charge in [0.15, 0.2) is 15.0 Å². The number of anilines is 1. The third kappa shape index (κ3) is 4.99. The van der Waals surface area contributed by atoms with E-state index >= 15 is 0 Å². The quantitative estimate of drug-likeness (QED) is 0.728. The highest BCUT2D eigenvalue weighted by atomic mass is 35.5. The molecule has 3 rings (SSSR count). The average molecular weight is 415 g/mol. The van der Waals surface area contributed by atoms with Crippen molar-refractivity contribution in [2.75, 3.05) is 22.6 Å². The molecule has 0 aliphatic carbocycles. The van der Waals surface area contributed by atoms with Gasteiger partial charge in [0, 0.05) is 24.2 Å². The number of carbonyl (C=O) groups excluding carboxylic acids is 1. The van der Waals surface area contributed by atoms with Gasteiger partial charge in [-0.05, 0) is 30.5 Å². The van der Waals surface area contributed by atoms with Crippen molar-refractivity contribution in [2.45, 2.75) is 18.0 Å². The van der Waals surface area contributed by atoms with Gasteiger partial charge in [-0.25, -0.2) is 8.42 Å². The molecule has 140 valence electrons. The molecule has 1 aromatic carbocycles. The zero-order valence-electron chi connectivity index (χ0n) is 14.2. The van der Waals surface area contributed by atoms with E-state index in [4.69, 9.17) is 11.6 Å². The minimum absolute atomic E-state index is 0.0897. The number of amides is 1. The number of aromatic nitrogens is 3. The Labute approximate surface area is 161 Å². The summed E-state index contributed by atoms with van der Waals surface area (Å²) >= 11 is 7.18. The molecular weight excluding hydrogens is 396 g/mol. The molecule has 1 N–H and O–H groups in total. The molecule has 7 nitrogen and oxygen atoms in total. The van der Waals surface area contributed by atoms with Gasteiger partial charge >= 0.3 is 0 Å². The van der Waals surface area contributed by atoms with Crippen LogP contribution in [0.1, 0.15) is 12.2 Å². The number of halogens is 1. The maximum Gasteiger partial charge on any atom is 0.234 e. The lowest BCUT2D eigenvalue weighted by Crippen LogP contribution is -2.14. The van der Waals surface area contributed by atoms with Gasteiger partial charge in [0.2, 0.25) is 5.91 Å². The van der Waals surface area contributed by atoms with Gasteiger partial charge in [-0.3, -0.25) is 4.79 Å². The summed E-state index contributed by atoms with van der Waals surface area (Å²) in [7, 11) is -1.07. The second-order valence-electron chi connectivity index (χ2n) is 6.28. The Kier molecular flexibility index (Phi) is 5.89. The molecule has 1 fully saturated rings. The van der Waals surface area contributed by atoms with Crippen LogP contribution in [-0.4, -0.2) is 46.3 Å². The van der Waals surface area contributed by atoms with E-state index in [9.17, 15) is 13.2 Å². The highest BCUT2D eigenvalue weighted by Gasteiger charge is 2.29. The number of thioether (sulfide) groups is 1. The standard InChI is InChI=1S/C16H19ClN4O3S2/c1-21-14(7-11-5-6-26(23,24)10-11)19-20-16(21)25-9-15(22)18-13-4-2-3-12(17)8-13/h2-4,8,11H,5-7,9-10H2,1H3,(H,18,22)/t11-/m1/s1. The number of hydrogen-bond acceptors (Lipinski definition) is 6. The second kappa shape index (κ2) is 7.98. The van der Waals surface area contributed by atoms with Crippen LogP contribution in [-0.2, 0) is 28.1 Å². The summed E-state index contributed by atoms with van der Waals surface area (Å²) in [5.41, 5.74) is 0.643. The summed E-state index contributed by atoms with van der Waals surface area (Å²) in [6, 6.07) is 6.95. The minimum atomic E-state index is -2.90. The van der Waals surface area contributed by atoms with Gasteiger partial charge < -0.3 is 9.88 Å². The largest absolute Gasteiger partial charge is 0.325 e. The molecule has 1 atom stereocenters. The Morgan fingerprint density at radius 1 is 1.42 bits per heavy atom. The van der Waals surface area contributed by atoms with Gasteiger partial charge in [-0.2, -0.15) is 0 Å². The van der Waals surface area contributed by atoms with E-state index in [0.29, 0.717) is 28.7 Å². The summed E-state index contributed by atoms with van der Waals surface area (Å²) in [4.78, 5) is 12.1. The first kappa shape index (κ1) is 19.2. The smallest absolute Gasteiger partial charge is 0.234 e. The number of hydrogen-bond donors (Lipinski definition) is 1. The molecule has 0 bridgehead atoms. The molecule has 0 radical (unpaired) electrons. The first-order valence-electron chi connectivity index (χ1n) is 8.09. The van der Waals surface area contributed by atoms with Crippen LogP contribution in [0.3, 0.4) is 0 Å². The molecule has 0 unspecified atom stereocenters. The molecule has 0 spiro atoms. The van der Waals surface area contributed by atoms with Crippen LogP contribution in [0.4, 0.5) is 5.69 Å². The zero-order valence-corrected chi connectivity index (χ0v) is 16.6. The summed E-state index contributed by atoms with van der Waals surface area (Å²) in [5, 5.41) is 12.2. The maximum absolute atomic E-state index is 12.1. The van der Waals surface area contributed by atoms with Crippen LogP contribution in [0.15, 0.2) is 29.4 Å². The average Bonchev–Trinajstić information content (AvgIpc) is 3.08. The number of carbonyl (C=O) groups is 1. The van der Waals surface area contributed by atoms with E-state index < -0.39 is 9.84 Å². The van der Waals surface area contributed by atoms with Crippen LogP contribution in [0, 0.1) is 5.92 Å².